The second-order valence-corrected chi connectivity index (χ2v) is 6.90. The third-order valence-corrected chi connectivity index (χ3v) is 4.70. The number of hydrogen-bond donors (Lipinski definition) is 2. The van der Waals surface area contributed by atoms with Crippen LogP contribution in [0.25, 0.3) is 11.0 Å². The van der Waals surface area contributed by atoms with Crippen LogP contribution in [0.3, 0.4) is 0 Å². The summed E-state index contributed by atoms with van der Waals surface area (Å²) in [4.78, 5) is 8.87. The predicted octanol–water partition coefficient (Wildman–Crippen LogP) is 4.28. The number of aliphatic hydroxyl groups is 1. The van der Waals surface area contributed by atoms with Gasteiger partial charge in [0, 0.05) is 25.4 Å². The molecule has 0 aliphatic carbocycles. The van der Waals surface area contributed by atoms with Gasteiger partial charge in [-0.2, -0.15) is 0 Å². The molecule has 0 radical (unpaired) electrons. The zero-order valence-corrected chi connectivity index (χ0v) is 16.0. The van der Waals surface area contributed by atoms with Crippen LogP contribution in [0.2, 0.25) is 0 Å². The standard InChI is InChI=1S/C21H27FN4O/c1-3-4-10-17(11-12-27)25-21-20-19(23-15(2)24-21)18(22)14-26(20)13-16-8-6-5-7-9-16/h5-9,14,17,27H,3-4,10-13H2,1-2H3,(H,23,24,25)/t17-/m0/s1. The molecule has 1 atom stereocenters. The van der Waals surface area contributed by atoms with Crippen molar-refractivity contribution >= 4 is 16.9 Å². The first-order valence-corrected chi connectivity index (χ1v) is 9.56. The summed E-state index contributed by atoms with van der Waals surface area (Å²) in [5.74, 6) is 0.813. The Hall–Kier alpha value is -2.47. The van der Waals surface area contributed by atoms with E-state index in [9.17, 15) is 9.50 Å². The van der Waals surface area contributed by atoms with Crippen molar-refractivity contribution in [1.82, 2.24) is 14.5 Å². The van der Waals surface area contributed by atoms with Crippen molar-refractivity contribution in [1.29, 1.82) is 0 Å². The lowest BCUT2D eigenvalue weighted by Crippen LogP contribution is -2.22. The summed E-state index contributed by atoms with van der Waals surface area (Å²) < 4.78 is 16.4. The molecule has 0 amide bonds. The molecule has 2 aromatic heterocycles. The second kappa shape index (κ2) is 8.95. The van der Waals surface area contributed by atoms with Crippen LogP contribution in [-0.4, -0.2) is 32.3 Å². The monoisotopic (exact) mass is 370 g/mol. The van der Waals surface area contributed by atoms with E-state index in [-0.39, 0.29) is 18.5 Å². The minimum Gasteiger partial charge on any atom is -0.396 e. The molecular weight excluding hydrogens is 343 g/mol. The third-order valence-electron chi connectivity index (χ3n) is 4.70. The first-order chi connectivity index (χ1) is 13.1. The van der Waals surface area contributed by atoms with Crippen molar-refractivity contribution < 1.29 is 9.50 Å². The Labute approximate surface area is 159 Å². The van der Waals surface area contributed by atoms with Gasteiger partial charge in [-0.05, 0) is 25.3 Å². The van der Waals surface area contributed by atoms with Crippen LogP contribution in [0.15, 0.2) is 36.5 Å². The Kier molecular flexibility index (Phi) is 6.40. The van der Waals surface area contributed by atoms with E-state index in [1.54, 1.807) is 6.92 Å². The number of rotatable bonds is 9. The van der Waals surface area contributed by atoms with E-state index < -0.39 is 0 Å². The fourth-order valence-corrected chi connectivity index (χ4v) is 3.36. The molecule has 27 heavy (non-hydrogen) atoms. The molecule has 0 bridgehead atoms. The summed E-state index contributed by atoms with van der Waals surface area (Å²) >= 11 is 0. The summed E-state index contributed by atoms with van der Waals surface area (Å²) in [6, 6.07) is 10.0. The largest absolute Gasteiger partial charge is 0.396 e. The molecule has 2 heterocycles. The molecule has 1 aromatic carbocycles. The predicted molar refractivity (Wildman–Crippen MR) is 106 cm³/mol. The van der Waals surface area contributed by atoms with Gasteiger partial charge in [-0.25, -0.2) is 14.4 Å². The molecule has 3 rings (SSSR count). The lowest BCUT2D eigenvalue weighted by atomic mass is 10.1. The quantitative estimate of drug-likeness (QED) is 0.590. The highest BCUT2D eigenvalue weighted by atomic mass is 19.1. The Morgan fingerprint density at radius 2 is 1.96 bits per heavy atom. The lowest BCUT2D eigenvalue weighted by Gasteiger charge is -2.20. The number of halogens is 1. The van der Waals surface area contributed by atoms with Crippen LogP contribution in [0.5, 0.6) is 0 Å². The molecule has 5 nitrogen and oxygen atoms in total. The third kappa shape index (κ3) is 4.63. The minimum absolute atomic E-state index is 0.0931. The summed E-state index contributed by atoms with van der Waals surface area (Å²) in [5.41, 5.74) is 2.08. The number of fused-ring (bicyclic) bond motifs is 1. The SMILES string of the molecule is CCCC[C@@H](CCO)Nc1nc(C)nc2c(F)cn(Cc3ccccc3)c12. The van der Waals surface area contributed by atoms with Gasteiger partial charge in [0.05, 0.1) is 0 Å². The van der Waals surface area contributed by atoms with Crippen molar-refractivity contribution in [3.8, 4) is 0 Å². The van der Waals surface area contributed by atoms with Crippen molar-refractivity contribution in [2.45, 2.75) is 52.1 Å². The Balaban J connectivity index is 2.00. The number of hydrogen-bond acceptors (Lipinski definition) is 4. The van der Waals surface area contributed by atoms with Crippen LogP contribution in [0, 0.1) is 12.7 Å². The number of aliphatic hydroxyl groups excluding tert-OH is 1. The van der Waals surface area contributed by atoms with Crippen molar-refractivity contribution in [3.63, 3.8) is 0 Å². The Morgan fingerprint density at radius 3 is 2.67 bits per heavy atom. The molecule has 0 spiro atoms. The summed E-state index contributed by atoms with van der Waals surface area (Å²) in [6.45, 7) is 4.56. The van der Waals surface area contributed by atoms with E-state index in [0.717, 1.165) is 24.8 Å². The molecule has 144 valence electrons. The van der Waals surface area contributed by atoms with E-state index in [2.05, 4.69) is 22.2 Å². The first kappa shape index (κ1) is 19.3. The molecule has 0 aliphatic heterocycles. The highest BCUT2D eigenvalue weighted by molar-refractivity contribution is 5.87. The molecule has 2 N–H and O–H groups in total. The van der Waals surface area contributed by atoms with Crippen molar-refractivity contribution in [2.75, 3.05) is 11.9 Å². The Bertz CT molecular complexity index is 879. The van der Waals surface area contributed by atoms with Crippen LogP contribution in [-0.2, 0) is 6.54 Å². The van der Waals surface area contributed by atoms with Crippen LogP contribution >= 0.6 is 0 Å². The maximum atomic E-state index is 14.6. The average molecular weight is 370 g/mol. The van der Waals surface area contributed by atoms with E-state index in [0.29, 0.717) is 35.6 Å². The van der Waals surface area contributed by atoms with Gasteiger partial charge in [0.25, 0.3) is 0 Å². The van der Waals surface area contributed by atoms with Crippen LogP contribution in [0.4, 0.5) is 10.2 Å². The minimum atomic E-state index is -0.346. The molecule has 0 saturated carbocycles. The number of unbranched alkanes of at least 4 members (excludes halogenated alkanes) is 1. The van der Waals surface area contributed by atoms with Gasteiger partial charge in [-0.15, -0.1) is 0 Å². The molecule has 0 aliphatic rings. The number of aryl methyl sites for hydroxylation is 1. The molecule has 0 fully saturated rings. The smallest absolute Gasteiger partial charge is 0.167 e. The number of benzene rings is 1. The van der Waals surface area contributed by atoms with Gasteiger partial charge >= 0.3 is 0 Å². The summed E-state index contributed by atoms with van der Waals surface area (Å²) in [7, 11) is 0. The molecule has 0 unspecified atom stereocenters. The van der Waals surface area contributed by atoms with E-state index in [4.69, 9.17) is 0 Å². The maximum absolute atomic E-state index is 14.6. The average Bonchev–Trinajstić information content (AvgIpc) is 2.96. The summed E-state index contributed by atoms with van der Waals surface area (Å²) in [5, 5.41) is 12.8. The van der Waals surface area contributed by atoms with Crippen molar-refractivity contribution in [3.05, 3.63) is 53.7 Å². The van der Waals surface area contributed by atoms with E-state index in [1.165, 1.54) is 6.20 Å². The van der Waals surface area contributed by atoms with Gasteiger partial charge in [-0.1, -0.05) is 50.1 Å². The summed E-state index contributed by atoms with van der Waals surface area (Å²) in [6.07, 6.45) is 5.20. The van der Waals surface area contributed by atoms with E-state index in [1.807, 2.05) is 34.9 Å². The normalized spacial score (nSPS) is 12.4. The zero-order valence-electron chi connectivity index (χ0n) is 16.0. The van der Waals surface area contributed by atoms with Gasteiger partial charge in [-0.3, -0.25) is 0 Å². The Morgan fingerprint density at radius 1 is 1.19 bits per heavy atom. The number of nitrogens with one attached hydrogen (secondary N) is 1. The highest BCUT2D eigenvalue weighted by Gasteiger charge is 2.18. The highest BCUT2D eigenvalue weighted by Crippen LogP contribution is 2.27. The van der Waals surface area contributed by atoms with Crippen LogP contribution < -0.4 is 5.32 Å². The molecular formula is C21H27FN4O. The van der Waals surface area contributed by atoms with Gasteiger partial charge in [0.15, 0.2) is 11.6 Å². The lowest BCUT2D eigenvalue weighted by molar-refractivity contribution is 0.276. The first-order valence-electron chi connectivity index (χ1n) is 9.56. The van der Waals surface area contributed by atoms with Gasteiger partial charge < -0.3 is 15.0 Å². The molecule has 3 aromatic rings. The van der Waals surface area contributed by atoms with Crippen LogP contribution in [0.1, 0.15) is 44.0 Å². The molecule has 0 saturated heterocycles. The second-order valence-electron chi connectivity index (χ2n) is 6.90. The fourth-order valence-electron chi connectivity index (χ4n) is 3.36. The van der Waals surface area contributed by atoms with Gasteiger partial charge in [0.2, 0.25) is 0 Å². The van der Waals surface area contributed by atoms with E-state index >= 15 is 0 Å². The fraction of sp³-hybridized carbons (Fsp3) is 0.429. The topological polar surface area (TPSA) is 63.0 Å². The van der Waals surface area contributed by atoms with Crippen molar-refractivity contribution in [2.24, 2.45) is 0 Å². The maximum Gasteiger partial charge on any atom is 0.167 e. The number of aromatic nitrogens is 3. The zero-order chi connectivity index (χ0) is 19.2. The van der Waals surface area contributed by atoms with Gasteiger partial charge in [0.1, 0.15) is 16.9 Å². The number of anilines is 1. The molecule has 6 heteroatoms. The number of nitrogens with zero attached hydrogens (tertiary/aromatic N) is 3.